The van der Waals surface area contributed by atoms with Gasteiger partial charge in [0.05, 0.1) is 17.7 Å². The number of amides is 1. The number of furan rings is 1. The fourth-order valence-electron chi connectivity index (χ4n) is 2.42. The fraction of sp³-hybridized carbons (Fsp3) is 0.538. The second-order valence-electron chi connectivity index (χ2n) is 4.63. The lowest BCUT2D eigenvalue weighted by Crippen LogP contribution is -2.33. The number of carbonyl (C=O) groups excluding carboxylic acids is 1. The summed E-state index contributed by atoms with van der Waals surface area (Å²) in [6.07, 6.45) is 4.04. The normalized spacial score (nSPS) is 22.9. The van der Waals surface area contributed by atoms with Crippen molar-refractivity contribution in [1.29, 1.82) is 0 Å². The summed E-state index contributed by atoms with van der Waals surface area (Å²) in [4.78, 5) is 22.8. The Hall–Kier alpha value is -1.78. The van der Waals surface area contributed by atoms with E-state index in [9.17, 15) is 9.59 Å². The van der Waals surface area contributed by atoms with Crippen LogP contribution in [-0.4, -0.2) is 23.0 Å². The van der Waals surface area contributed by atoms with E-state index < -0.39 is 5.97 Å². The first-order chi connectivity index (χ1) is 8.61. The third-order valence-electron chi connectivity index (χ3n) is 3.43. The van der Waals surface area contributed by atoms with E-state index in [1.807, 2.05) is 6.92 Å². The molecule has 5 nitrogen and oxygen atoms in total. The van der Waals surface area contributed by atoms with Gasteiger partial charge in [0, 0.05) is 12.5 Å². The van der Waals surface area contributed by atoms with Crippen molar-refractivity contribution in [3.05, 3.63) is 23.7 Å². The van der Waals surface area contributed by atoms with Gasteiger partial charge in [-0.2, -0.15) is 0 Å². The maximum atomic E-state index is 12.0. The van der Waals surface area contributed by atoms with Crippen LogP contribution in [0.2, 0.25) is 0 Å². The molecule has 1 aliphatic carbocycles. The monoisotopic (exact) mass is 251 g/mol. The van der Waals surface area contributed by atoms with Crippen LogP contribution in [0.25, 0.3) is 0 Å². The number of carbonyl (C=O) groups is 2. The van der Waals surface area contributed by atoms with Crippen LogP contribution in [0, 0.1) is 5.92 Å². The highest BCUT2D eigenvalue weighted by molar-refractivity contribution is 5.95. The average Bonchev–Trinajstić information content (AvgIpc) is 2.96. The first kappa shape index (κ1) is 12.7. The molecule has 0 unspecified atom stereocenters. The minimum atomic E-state index is -0.774. The topological polar surface area (TPSA) is 79.5 Å². The molecule has 1 aromatic rings. The predicted molar refractivity (Wildman–Crippen MR) is 64.3 cm³/mol. The molecule has 2 N–H and O–H groups in total. The molecule has 5 heteroatoms. The molecule has 2 atom stereocenters. The molecule has 1 saturated carbocycles. The molecule has 0 aromatic carbocycles. The summed E-state index contributed by atoms with van der Waals surface area (Å²) in [5.41, 5.74) is 0.552. The molecule has 0 radical (unpaired) electrons. The summed E-state index contributed by atoms with van der Waals surface area (Å²) in [6, 6.07) is 1.61. The van der Waals surface area contributed by atoms with Crippen LogP contribution < -0.4 is 5.32 Å². The van der Waals surface area contributed by atoms with Crippen molar-refractivity contribution in [1.82, 2.24) is 5.32 Å². The quantitative estimate of drug-likeness (QED) is 0.855. The van der Waals surface area contributed by atoms with Crippen molar-refractivity contribution >= 4 is 11.9 Å². The minimum absolute atomic E-state index is 0.0433. The lowest BCUT2D eigenvalue weighted by molar-refractivity contribution is -0.141. The van der Waals surface area contributed by atoms with Gasteiger partial charge in [-0.1, -0.05) is 6.92 Å². The number of aliphatic carboxylic acids is 1. The van der Waals surface area contributed by atoms with Crippen molar-refractivity contribution in [2.75, 3.05) is 0 Å². The number of rotatable bonds is 4. The van der Waals surface area contributed by atoms with Gasteiger partial charge in [-0.15, -0.1) is 0 Å². The number of nitrogens with one attached hydrogen (secondary N) is 1. The number of carboxylic acid groups (broad SMARTS) is 1. The Morgan fingerprint density at radius 2 is 2.28 bits per heavy atom. The molecule has 1 heterocycles. The Kier molecular flexibility index (Phi) is 3.69. The van der Waals surface area contributed by atoms with Crippen molar-refractivity contribution in [2.24, 2.45) is 5.92 Å². The number of aryl methyl sites for hydroxylation is 1. The van der Waals surface area contributed by atoms with E-state index in [0.29, 0.717) is 30.6 Å². The molecule has 1 aromatic heterocycles. The van der Waals surface area contributed by atoms with Gasteiger partial charge in [0.1, 0.15) is 5.76 Å². The SMILES string of the molecule is CCc1occc1C(=O)N[C@H]1CC[C@@H](C(=O)O)C1. The van der Waals surface area contributed by atoms with E-state index in [-0.39, 0.29) is 17.9 Å². The molecule has 2 rings (SSSR count). The van der Waals surface area contributed by atoms with Crippen LogP contribution in [0.4, 0.5) is 0 Å². The summed E-state index contributed by atoms with van der Waals surface area (Å²) in [5, 5.41) is 11.8. The van der Waals surface area contributed by atoms with Crippen molar-refractivity contribution in [3.8, 4) is 0 Å². The highest BCUT2D eigenvalue weighted by Gasteiger charge is 2.31. The summed E-state index contributed by atoms with van der Waals surface area (Å²) in [5.74, 6) is -0.605. The van der Waals surface area contributed by atoms with E-state index in [2.05, 4.69) is 5.32 Å². The van der Waals surface area contributed by atoms with E-state index in [4.69, 9.17) is 9.52 Å². The number of hydrogen-bond donors (Lipinski definition) is 2. The molecule has 1 fully saturated rings. The maximum absolute atomic E-state index is 12.0. The van der Waals surface area contributed by atoms with Gasteiger partial charge in [0.2, 0.25) is 0 Å². The number of carboxylic acids is 1. The molecule has 18 heavy (non-hydrogen) atoms. The molecular formula is C13H17NO4. The minimum Gasteiger partial charge on any atom is -0.481 e. The zero-order chi connectivity index (χ0) is 13.1. The van der Waals surface area contributed by atoms with E-state index in [1.54, 1.807) is 6.07 Å². The summed E-state index contributed by atoms with van der Waals surface area (Å²) in [7, 11) is 0. The Bertz CT molecular complexity index is 452. The van der Waals surface area contributed by atoms with Gasteiger partial charge in [0.15, 0.2) is 0 Å². The average molecular weight is 251 g/mol. The molecule has 0 saturated heterocycles. The van der Waals surface area contributed by atoms with Crippen molar-refractivity contribution in [2.45, 2.75) is 38.6 Å². The second kappa shape index (κ2) is 5.25. The van der Waals surface area contributed by atoms with Crippen LogP contribution in [0.15, 0.2) is 16.7 Å². The van der Waals surface area contributed by atoms with E-state index in [0.717, 1.165) is 6.42 Å². The van der Waals surface area contributed by atoms with Gasteiger partial charge < -0.3 is 14.8 Å². The van der Waals surface area contributed by atoms with Crippen LogP contribution in [0.5, 0.6) is 0 Å². The van der Waals surface area contributed by atoms with Gasteiger partial charge in [-0.3, -0.25) is 9.59 Å². The van der Waals surface area contributed by atoms with Crippen LogP contribution in [0.3, 0.4) is 0 Å². The Morgan fingerprint density at radius 1 is 1.50 bits per heavy atom. The van der Waals surface area contributed by atoms with Gasteiger partial charge in [0.25, 0.3) is 5.91 Å². The zero-order valence-electron chi connectivity index (χ0n) is 10.3. The van der Waals surface area contributed by atoms with Gasteiger partial charge in [-0.25, -0.2) is 0 Å². The lowest BCUT2D eigenvalue weighted by Gasteiger charge is -2.12. The fourth-order valence-corrected chi connectivity index (χ4v) is 2.42. The summed E-state index contributed by atoms with van der Waals surface area (Å²) < 4.78 is 5.20. The van der Waals surface area contributed by atoms with Crippen LogP contribution >= 0.6 is 0 Å². The molecular weight excluding hydrogens is 234 g/mol. The summed E-state index contributed by atoms with van der Waals surface area (Å²) >= 11 is 0. The lowest BCUT2D eigenvalue weighted by atomic mass is 10.1. The zero-order valence-corrected chi connectivity index (χ0v) is 10.3. The van der Waals surface area contributed by atoms with E-state index in [1.165, 1.54) is 6.26 Å². The molecule has 0 bridgehead atoms. The Morgan fingerprint density at radius 3 is 2.89 bits per heavy atom. The Labute approximate surface area is 105 Å². The third-order valence-corrected chi connectivity index (χ3v) is 3.43. The van der Waals surface area contributed by atoms with Gasteiger partial charge >= 0.3 is 5.97 Å². The van der Waals surface area contributed by atoms with Gasteiger partial charge in [-0.05, 0) is 25.3 Å². The van der Waals surface area contributed by atoms with Crippen molar-refractivity contribution in [3.63, 3.8) is 0 Å². The third kappa shape index (κ3) is 2.55. The van der Waals surface area contributed by atoms with Crippen LogP contribution in [-0.2, 0) is 11.2 Å². The smallest absolute Gasteiger partial charge is 0.306 e. The largest absolute Gasteiger partial charge is 0.481 e. The molecule has 1 aliphatic rings. The predicted octanol–water partition coefficient (Wildman–Crippen LogP) is 1.83. The molecule has 0 spiro atoms. The summed E-state index contributed by atoms with van der Waals surface area (Å²) in [6.45, 7) is 1.92. The molecule has 0 aliphatic heterocycles. The van der Waals surface area contributed by atoms with E-state index >= 15 is 0 Å². The number of hydrogen-bond acceptors (Lipinski definition) is 3. The second-order valence-corrected chi connectivity index (χ2v) is 4.63. The van der Waals surface area contributed by atoms with Crippen LogP contribution in [0.1, 0.15) is 42.3 Å². The standard InChI is InChI=1S/C13H17NO4/c1-2-11-10(5-6-18-11)12(15)14-9-4-3-8(7-9)13(16)17/h5-6,8-9H,2-4,7H2,1H3,(H,14,15)(H,16,17)/t8-,9+/m1/s1. The first-order valence-electron chi connectivity index (χ1n) is 6.21. The molecule has 98 valence electrons. The molecule has 1 amide bonds. The van der Waals surface area contributed by atoms with Crippen molar-refractivity contribution < 1.29 is 19.1 Å². The maximum Gasteiger partial charge on any atom is 0.306 e. The highest BCUT2D eigenvalue weighted by Crippen LogP contribution is 2.26. The highest BCUT2D eigenvalue weighted by atomic mass is 16.4. The Balaban J connectivity index is 1.95. The first-order valence-corrected chi connectivity index (χ1v) is 6.21.